The second kappa shape index (κ2) is 22.4. The molecule has 0 aromatic carbocycles. The van der Waals surface area contributed by atoms with Crippen molar-refractivity contribution >= 4 is 23.1 Å². The van der Waals surface area contributed by atoms with Crippen LogP contribution in [0.25, 0.3) is 0 Å². The molecule has 0 aliphatic rings. The summed E-state index contributed by atoms with van der Waals surface area (Å²) in [6.45, 7) is 0.410. The Morgan fingerprint density at radius 1 is 0.909 bits per heavy atom. The van der Waals surface area contributed by atoms with Gasteiger partial charge in [-0.1, -0.05) is 0 Å². The van der Waals surface area contributed by atoms with E-state index in [0.717, 1.165) is 0 Å². The molecule has 0 aliphatic heterocycles. The van der Waals surface area contributed by atoms with Crippen LogP contribution in [0.3, 0.4) is 0 Å². The summed E-state index contributed by atoms with van der Waals surface area (Å²) in [6.07, 6.45) is 0. The van der Waals surface area contributed by atoms with Gasteiger partial charge in [0.2, 0.25) is 0 Å². The van der Waals surface area contributed by atoms with Crippen molar-refractivity contribution in [2.75, 3.05) is 40.6 Å². The summed E-state index contributed by atoms with van der Waals surface area (Å²) in [5, 5.41) is 18.8. The molecular formula is C6H14MgO4. The fourth-order valence-electron chi connectivity index (χ4n) is 0.167. The van der Waals surface area contributed by atoms with E-state index in [-0.39, 0.29) is 36.3 Å². The summed E-state index contributed by atoms with van der Waals surface area (Å²) in [5.74, 6) is 0. The van der Waals surface area contributed by atoms with Crippen LogP contribution in [-0.2, 0) is 9.47 Å². The molecule has 0 rings (SSSR count). The third-order valence-corrected chi connectivity index (χ3v) is 0.575. The van der Waals surface area contributed by atoms with Gasteiger partial charge in [0.05, 0.1) is 0 Å². The molecule has 0 radical (unpaired) electrons. The van der Waals surface area contributed by atoms with Crippen LogP contribution in [0.4, 0.5) is 0 Å². The van der Waals surface area contributed by atoms with Crippen molar-refractivity contribution in [1.82, 2.24) is 0 Å². The molecule has 0 unspecified atom stereocenters. The number of rotatable bonds is 4. The van der Waals surface area contributed by atoms with Gasteiger partial charge in [-0.25, -0.2) is 0 Å². The van der Waals surface area contributed by atoms with Crippen molar-refractivity contribution < 1.29 is 19.7 Å². The topological polar surface area (TPSA) is 64.6 Å². The minimum absolute atomic E-state index is 0. The standard InChI is InChI=1S/2C3H7O2.Mg/c2*1-5-3-2-4;/h2*2-3H2,1H3;/q2*-1;+2. The summed E-state index contributed by atoms with van der Waals surface area (Å²) < 4.78 is 8.76. The van der Waals surface area contributed by atoms with Gasteiger partial charge in [-0.05, 0) is 0 Å². The van der Waals surface area contributed by atoms with E-state index in [4.69, 9.17) is 0 Å². The van der Waals surface area contributed by atoms with Crippen LogP contribution in [0.1, 0.15) is 0 Å². The Balaban J connectivity index is -0.000000107. The van der Waals surface area contributed by atoms with E-state index in [2.05, 4.69) is 9.47 Å². The molecule has 5 heteroatoms. The minimum Gasteiger partial charge on any atom is -0.853 e. The third kappa shape index (κ3) is 37.0. The Labute approximate surface area is 83.7 Å². The van der Waals surface area contributed by atoms with Crippen LogP contribution < -0.4 is 10.2 Å². The molecule has 0 saturated carbocycles. The predicted octanol–water partition coefficient (Wildman–Crippen LogP) is -2.39. The van der Waals surface area contributed by atoms with Gasteiger partial charge in [0, 0.05) is 27.4 Å². The molecule has 0 atom stereocenters. The molecule has 0 heterocycles. The Hall–Kier alpha value is 0.606. The zero-order chi connectivity index (χ0) is 8.24. The van der Waals surface area contributed by atoms with Gasteiger partial charge < -0.3 is 19.7 Å². The van der Waals surface area contributed by atoms with Crippen molar-refractivity contribution in [1.29, 1.82) is 0 Å². The Kier molecular flexibility index (Phi) is 35.9. The molecule has 0 spiro atoms. The molecular weight excluding hydrogens is 160 g/mol. The molecule has 4 nitrogen and oxygen atoms in total. The van der Waals surface area contributed by atoms with E-state index in [1.807, 2.05) is 0 Å². The zero-order valence-corrected chi connectivity index (χ0v) is 8.58. The second-order valence-electron chi connectivity index (χ2n) is 1.39. The fraction of sp³-hybridized carbons (Fsp3) is 1.00. The second-order valence-corrected chi connectivity index (χ2v) is 1.39. The van der Waals surface area contributed by atoms with E-state index < -0.39 is 0 Å². The third-order valence-electron chi connectivity index (χ3n) is 0.575. The van der Waals surface area contributed by atoms with Gasteiger partial charge in [-0.3, -0.25) is 0 Å². The zero-order valence-electron chi connectivity index (χ0n) is 7.17. The number of hydrogen-bond donors (Lipinski definition) is 0. The summed E-state index contributed by atoms with van der Waals surface area (Å²) >= 11 is 0. The molecule has 0 fully saturated rings. The van der Waals surface area contributed by atoms with Crippen molar-refractivity contribution in [3.8, 4) is 0 Å². The van der Waals surface area contributed by atoms with Crippen LogP contribution in [0, 0.1) is 0 Å². The molecule has 11 heavy (non-hydrogen) atoms. The van der Waals surface area contributed by atoms with Crippen LogP contribution >= 0.6 is 0 Å². The minimum atomic E-state index is -0.128. The van der Waals surface area contributed by atoms with Crippen LogP contribution in [0.15, 0.2) is 0 Å². The van der Waals surface area contributed by atoms with Crippen LogP contribution in [0.5, 0.6) is 0 Å². The molecule has 0 aromatic rings. The first-order chi connectivity index (χ1) is 4.83. The Morgan fingerprint density at radius 2 is 1.18 bits per heavy atom. The van der Waals surface area contributed by atoms with Gasteiger partial charge in [-0.2, -0.15) is 0 Å². The summed E-state index contributed by atoms with van der Waals surface area (Å²) in [6, 6.07) is 0. The van der Waals surface area contributed by atoms with Gasteiger partial charge in [0.1, 0.15) is 0 Å². The SMILES string of the molecule is COCC[O-].COCC[O-].[Mg+2]. The first-order valence-electron chi connectivity index (χ1n) is 2.97. The molecule has 0 N–H and O–H groups in total. The monoisotopic (exact) mass is 174 g/mol. The molecule has 0 bridgehead atoms. The number of ether oxygens (including phenoxy) is 2. The number of hydrogen-bond acceptors (Lipinski definition) is 4. The molecule has 64 valence electrons. The maximum Gasteiger partial charge on any atom is 2.00 e. The maximum absolute atomic E-state index is 9.40. The maximum atomic E-state index is 9.40. The van der Waals surface area contributed by atoms with Crippen molar-refractivity contribution in [2.45, 2.75) is 0 Å². The average molecular weight is 174 g/mol. The Bertz CT molecular complexity index is 35.6. The quantitative estimate of drug-likeness (QED) is 0.446. The summed E-state index contributed by atoms with van der Waals surface area (Å²) in [7, 11) is 3.02. The van der Waals surface area contributed by atoms with E-state index in [1.54, 1.807) is 0 Å². The summed E-state index contributed by atoms with van der Waals surface area (Å²) in [5.41, 5.74) is 0. The average Bonchev–Trinajstić information content (AvgIpc) is 1.93. The predicted molar refractivity (Wildman–Crippen MR) is 39.2 cm³/mol. The van der Waals surface area contributed by atoms with Crippen molar-refractivity contribution in [3.63, 3.8) is 0 Å². The molecule has 0 amide bonds. The largest absolute Gasteiger partial charge is 2.00 e. The first-order valence-corrected chi connectivity index (χ1v) is 2.97. The van der Waals surface area contributed by atoms with E-state index in [1.165, 1.54) is 14.2 Å². The molecule has 0 saturated heterocycles. The van der Waals surface area contributed by atoms with E-state index in [0.29, 0.717) is 13.2 Å². The Morgan fingerprint density at radius 3 is 1.18 bits per heavy atom. The van der Waals surface area contributed by atoms with Gasteiger partial charge in [0.15, 0.2) is 0 Å². The fourth-order valence-corrected chi connectivity index (χ4v) is 0.167. The van der Waals surface area contributed by atoms with Crippen LogP contribution in [0.2, 0.25) is 0 Å². The van der Waals surface area contributed by atoms with E-state index in [9.17, 15) is 10.2 Å². The van der Waals surface area contributed by atoms with Gasteiger partial charge >= 0.3 is 23.1 Å². The molecule has 0 aliphatic carbocycles. The summed E-state index contributed by atoms with van der Waals surface area (Å²) in [4.78, 5) is 0. The molecule has 0 aromatic heterocycles. The first kappa shape index (κ1) is 17.6. The smallest absolute Gasteiger partial charge is 0.853 e. The van der Waals surface area contributed by atoms with Gasteiger partial charge in [-0.15, -0.1) is 13.2 Å². The van der Waals surface area contributed by atoms with Crippen LogP contribution in [-0.4, -0.2) is 63.7 Å². The van der Waals surface area contributed by atoms with Crippen molar-refractivity contribution in [3.05, 3.63) is 0 Å². The number of methoxy groups -OCH3 is 2. The van der Waals surface area contributed by atoms with Gasteiger partial charge in [0.25, 0.3) is 0 Å². The van der Waals surface area contributed by atoms with Crippen molar-refractivity contribution in [2.24, 2.45) is 0 Å². The normalized spacial score (nSPS) is 7.64. The van der Waals surface area contributed by atoms with E-state index >= 15 is 0 Å².